The minimum absolute atomic E-state index is 0.426. The third kappa shape index (κ3) is 6.85. The van der Waals surface area contributed by atoms with Crippen LogP contribution in [0.2, 0.25) is 0 Å². The van der Waals surface area contributed by atoms with Crippen LogP contribution in [0.5, 0.6) is 0 Å². The molecule has 6 nitrogen and oxygen atoms in total. The van der Waals surface area contributed by atoms with Gasteiger partial charge in [-0.15, -0.1) is 0 Å². The number of hydrogen-bond acceptors (Lipinski definition) is 3. The molecule has 0 amide bonds. The summed E-state index contributed by atoms with van der Waals surface area (Å²) in [5.41, 5.74) is 6.17. The zero-order valence-electron chi connectivity index (χ0n) is 24.9. The number of hydrogen-bond donors (Lipinski definition) is 3. The lowest BCUT2D eigenvalue weighted by atomic mass is 9.80. The first-order valence-corrected chi connectivity index (χ1v) is 16.3. The highest BCUT2D eigenvalue weighted by molar-refractivity contribution is 5.79. The Labute approximate surface area is 245 Å². The molecule has 3 fully saturated rings. The van der Waals surface area contributed by atoms with Crippen molar-refractivity contribution in [2.24, 2.45) is 15.0 Å². The van der Waals surface area contributed by atoms with Crippen molar-refractivity contribution in [2.45, 2.75) is 127 Å². The molecule has 41 heavy (non-hydrogen) atoms. The average Bonchev–Trinajstić information content (AvgIpc) is 3.81. The van der Waals surface area contributed by atoms with Gasteiger partial charge in [0.1, 0.15) is 0 Å². The van der Waals surface area contributed by atoms with Crippen LogP contribution in [-0.4, -0.2) is 51.7 Å². The van der Waals surface area contributed by atoms with E-state index in [9.17, 15) is 0 Å². The Balaban J connectivity index is 1.27. The molecule has 3 aromatic rings. The maximum absolute atomic E-state index is 4.93. The van der Waals surface area contributed by atoms with Crippen LogP contribution in [0.25, 0.3) is 0 Å². The molecule has 6 rings (SSSR count). The molecule has 218 valence electrons. The molecule has 3 aliphatic rings. The lowest BCUT2D eigenvalue weighted by Gasteiger charge is -2.27. The van der Waals surface area contributed by atoms with E-state index in [1.54, 1.807) is 0 Å². The number of H-pyrrole nitrogens is 3. The quantitative estimate of drug-likeness (QED) is 0.223. The normalized spacial score (nSPS) is 21.9. The van der Waals surface area contributed by atoms with Gasteiger partial charge >= 0.3 is 0 Å². The first-order valence-electron chi connectivity index (χ1n) is 16.3. The number of nitrogens with zero attached hydrogens (tertiary/aromatic N) is 3. The van der Waals surface area contributed by atoms with Crippen molar-refractivity contribution >= 4 is 18.6 Å². The van der Waals surface area contributed by atoms with E-state index in [0.717, 1.165) is 34.2 Å². The van der Waals surface area contributed by atoms with E-state index >= 15 is 0 Å². The predicted octanol–water partition coefficient (Wildman–Crippen LogP) is 8.28. The standard InChI is InChI=1S/C35H48N6/c1-35(32-20-17-29(39-32)23-36-26-11-5-2-6-12-26,33-21-18-30(40-33)24-37-27-13-7-3-8-14-27)34-22-19-31(41-34)25-38-28-15-9-4-10-16-28/h17-28,39-41H,2-16H2,1H3. The van der Waals surface area contributed by atoms with Gasteiger partial charge in [-0.05, 0) is 81.8 Å². The van der Waals surface area contributed by atoms with Crippen molar-refractivity contribution in [2.75, 3.05) is 0 Å². The summed E-state index contributed by atoms with van der Waals surface area (Å²) < 4.78 is 0. The molecular formula is C35H48N6. The molecule has 0 bridgehead atoms. The second kappa shape index (κ2) is 13.2. The van der Waals surface area contributed by atoms with E-state index in [1.165, 1.54) is 96.3 Å². The van der Waals surface area contributed by atoms with E-state index in [2.05, 4.69) is 58.3 Å². The van der Waals surface area contributed by atoms with Gasteiger partial charge in [0.25, 0.3) is 0 Å². The highest BCUT2D eigenvalue weighted by atomic mass is 14.9. The van der Waals surface area contributed by atoms with E-state index in [0.29, 0.717) is 18.1 Å². The zero-order chi connectivity index (χ0) is 27.9. The molecule has 0 aliphatic heterocycles. The number of rotatable bonds is 9. The fourth-order valence-electron chi connectivity index (χ4n) is 7.02. The van der Waals surface area contributed by atoms with Crippen LogP contribution in [-0.2, 0) is 5.41 Å². The van der Waals surface area contributed by atoms with Crippen LogP contribution in [0, 0.1) is 0 Å². The number of aromatic amines is 3. The van der Waals surface area contributed by atoms with Crippen molar-refractivity contribution in [3.05, 3.63) is 70.6 Å². The molecule has 6 heteroatoms. The summed E-state index contributed by atoms with van der Waals surface area (Å²) in [5, 5.41) is 0. The minimum Gasteiger partial charge on any atom is -0.357 e. The fraction of sp³-hybridized carbons (Fsp3) is 0.571. The van der Waals surface area contributed by atoms with Crippen molar-refractivity contribution in [1.29, 1.82) is 0 Å². The van der Waals surface area contributed by atoms with E-state index < -0.39 is 5.41 Å². The van der Waals surface area contributed by atoms with Gasteiger partial charge in [-0.3, -0.25) is 15.0 Å². The largest absolute Gasteiger partial charge is 0.357 e. The van der Waals surface area contributed by atoms with Crippen LogP contribution in [0.15, 0.2) is 51.4 Å². The summed E-state index contributed by atoms with van der Waals surface area (Å²) in [4.78, 5) is 26.0. The van der Waals surface area contributed by atoms with Gasteiger partial charge in [0.05, 0.1) is 40.6 Å². The Morgan fingerprint density at radius 3 is 1.07 bits per heavy atom. The van der Waals surface area contributed by atoms with Crippen molar-refractivity contribution < 1.29 is 0 Å². The van der Waals surface area contributed by atoms with E-state index in [-0.39, 0.29) is 0 Å². The number of aliphatic imine (C=N–C) groups is 3. The summed E-state index contributed by atoms with van der Waals surface area (Å²) in [6, 6.07) is 14.6. The fourth-order valence-corrected chi connectivity index (χ4v) is 7.02. The summed E-state index contributed by atoms with van der Waals surface area (Å²) in [5.74, 6) is 0. The summed E-state index contributed by atoms with van der Waals surface area (Å²) in [6.07, 6.45) is 25.3. The Morgan fingerprint density at radius 2 is 0.780 bits per heavy atom. The molecular weight excluding hydrogens is 504 g/mol. The lowest BCUT2D eigenvalue weighted by Crippen LogP contribution is -2.27. The third-order valence-corrected chi connectivity index (χ3v) is 9.74. The maximum atomic E-state index is 4.93. The van der Waals surface area contributed by atoms with Crippen molar-refractivity contribution in [1.82, 2.24) is 15.0 Å². The topological polar surface area (TPSA) is 84.4 Å². The maximum Gasteiger partial charge on any atom is 0.0873 e. The first kappa shape index (κ1) is 28.0. The minimum atomic E-state index is -0.426. The van der Waals surface area contributed by atoms with Gasteiger partial charge in [-0.25, -0.2) is 0 Å². The van der Waals surface area contributed by atoms with E-state index in [1.807, 2.05) is 18.6 Å². The Hall–Kier alpha value is -3.15. The summed E-state index contributed by atoms with van der Waals surface area (Å²) >= 11 is 0. The van der Waals surface area contributed by atoms with Crippen molar-refractivity contribution in [3.63, 3.8) is 0 Å². The predicted molar refractivity (Wildman–Crippen MR) is 171 cm³/mol. The molecule has 0 aromatic carbocycles. The van der Waals surface area contributed by atoms with Gasteiger partial charge in [0.2, 0.25) is 0 Å². The number of aromatic nitrogens is 3. The Kier molecular flexibility index (Phi) is 9.03. The highest BCUT2D eigenvalue weighted by Crippen LogP contribution is 2.37. The van der Waals surface area contributed by atoms with Gasteiger partial charge in [0.15, 0.2) is 0 Å². The average molecular weight is 553 g/mol. The van der Waals surface area contributed by atoms with Gasteiger partial charge in [-0.1, -0.05) is 57.8 Å². The van der Waals surface area contributed by atoms with Crippen LogP contribution in [0.3, 0.4) is 0 Å². The van der Waals surface area contributed by atoms with Crippen molar-refractivity contribution in [3.8, 4) is 0 Å². The monoisotopic (exact) mass is 552 g/mol. The smallest absolute Gasteiger partial charge is 0.0873 e. The third-order valence-electron chi connectivity index (χ3n) is 9.74. The molecule has 3 aromatic heterocycles. The molecule has 3 N–H and O–H groups in total. The van der Waals surface area contributed by atoms with Gasteiger partial charge in [-0.2, -0.15) is 0 Å². The summed E-state index contributed by atoms with van der Waals surface area (Å²) in [6.45, 7) is 2.29. The van der Waals surface area contributed by atoms with Gasteiger partial charge in [0, 0.05) is 35.7 Å². The second-order valence-electron chi connectivity index (χ2n) is 12.8. The highest BCUT2D eigenvalue weighted by Gasteiger charge is 2.35. The molecule has 3 aliphatic carbocycles. The van der Waals surface area contributed by atoms with E-state index in [4.69, 9.17) is 15.0 Å². The molecule has 3 saturated carbocycles. The summed E-state index contributed by atoms with van der Waals surface area (Å²) in [7, 11) is 0. The Bertz CT molecular complexity index is 1160. The van der Waals surface area contributed by atoms with Gasteiger partial charge < -0.3 is 15.0 Å². The molecule has 0 atom stereocenters. The van der Waals surface area contributed by atoms with Crippen LogP contribution < -0.4 is 0 Å². The lowest BCUT2D eigenvalue weighted by molar-refractivity contribution is 0.444. The molecule has 0 unspecified atom stereocenters. The van der Waals surface area contributed by atoms with Crippen LogP contribution in [0.4, 0.5) is 0 Å². The molecule has 0 spiro atoms. The second-order valence-corrected chi connectivity index (χ2v) is 12.8. The van der Waals surface area contributed by atoms with Crippen LogP contribution >= 0.6 is 0 Å². The molecule has 0 saturated heterocycles. The SMILES string of the molecule is CC(c1ccc(C=NC2CCCCC2)[nH]1)(c1ccc(C=NC2CCCCC2)[nH]1)c1ccc(C=NC2CCCCC2)[nH]1. The Morgan fingerprint density at radius 1 is 0.488 bits per heavy atom. The molecule has 3 heterocycles. The van der Waals surface area contributed by atoms with Crippen LogP contribution in [0.1, 0.15) is 137 Å². The zero-order valence-corrected chi connectivity index (χ0v) is 24.9. The first-order chi connectivity index (χ1) is 20.2. The molecule has 0 radical (unpaired) electrons. The number of nitrogens with one attached hydrogen (secondary N) is 3.